The van der Waals surface area contributed by atoms with Gasteiger partial charge in [-0.1, -0.05) is 42.5 Å². The summed E-state index contributed by atoms with van der Waals surface area (Å²) >= 11 is 0. The van der Waals surface area contributed by atoms with Crippen LogP contribution in [0.3, 0.4) is 0 Å². The summed E-state index contributed by atoms with van der Waals surface area (Å²) in [6.07, 6.45) is 2.97. The Hall–Kier alpha value is -3.20. The predicted molar refractivity (Wildman–Crippen MR) is 124 cm³/mol. The molecule has 0 bridgehead atoms. The molecule has 1 aliphatic heterocycles. The monoisotopic (exact) mass is 452 g/mol. The Bertz CT molecular complexity index is 1260. The molecule has 4 rings (SSSR count). The molecular formula is C24H24N2O5S. The van der Waals surface area contributed by atoms with Crippen LogP contribution in [0.1, 0.15) is 5.56 Å². The molecule has 0 unspecified atom stereocenters. The van der Waals surface area contributed by atoms with E-state index < -0.39 is 10.0 Å². The van der Waals surface area contributed by atoms with Crippen molar-refractivity contribution in [2.24, 2.45) is 0 Å². The number of hydrogen-bond donors (Lipinski definition) is 1. The summed E-state index contributed by atoms with van der Waals surface area (Å²) in [6.45, 7) is 1.29. The molecule has 1 heterocycles. The lowest BCUT2D eigenvalue weighted by atomic mass is 10.1. The maximum absolute atomic E-state index is 13.1. The fourth-order valence-corrected chi connectivity index (χ4v) is 5.20. The summed E-state index contributed by atoms with van der Waals surface area (Å²) in [5, 5.41) is 4.86. The van der Waals surface area contributed by atoms with Crippen LogP contribution in [0.2, 0.25) is 0 Å². The van der Waals surface area contributed by atoms with Gasteiger partial charge in [-0.05, 0) is 35.2 Å². The number of fused-ring (bicyclic) bond motifs is 1. The molecule has 1 amide bonds. The number of amides is 1. The summed E-state index contributed by atoms with van der Waals surface area (Å²) in [5.41, 5.74) is 1.29. The third-order valence-electron chi connectivity index (χ3n) is 5.25. The second-order valence-electron chi connectivity index (χ2n) is 7.28. The number of ether oxygens (including phenoxy) is 2. The van der Waals surface area contributed by atoms with Gasteiger partial charge in [-0.3, -0.25) is 4.79 Å². The molecule has 0 radical (unpaired) electrons. The van der Waals surface area contributed by atoms with Crippen LogP contribution in [0.25, 0.3) is 16.8 Å². The van der Waals surface area contributed by atoms with Gasteiger partial charge < -0.3 is 14.8 Å². The van der Waals surface area contributed by atoms with E-state index in [1.165, 1.54) is 23.6 Å². The van der Waals surface area contributed by atoms with Crippen molar-refractivity contribution < 1.29 is 22.7 Å². The lowest BCUT2D eigenvalue weighted by molar-refractivity contribution is -0.111. The zero-order valence-electron chi connectivity index (χ0n) is 17.7. The first kappa shape index (κ1) is 22.0. The Morgan fingerprint density at radius 1 is 1.06 bits per heavy atom. The lowest BCUT2D eigenvalue weighted by Crippen LogP contribution is -2.40. The van der Waals surface area contributed by atoms with Gasteiger partial charge in [0.1, 0.15) is 10.6 Å². The zero-order valence-corrected chi connectivity index (χ0v) is 18.5. The van der Waals surface area contributed by atoms with Crippen LogP contribution in [0.15, 0.2) is 71.6 Å². The van der Waals surface area contributed by atoms with Crippen molar-refractivity contribution in [3.8, 4) is 5.75 Å². The average molecular weight is 453 g/mol. The van der Waals surface area contributed by atoms with Crippen molar-refractivity contribution in [2.45, 2.75) is 4.90 Å². The Kier molecular flexibility index (Phi) is 6.55. The first-order valence-electron chi connectivity index (χ1n) is 10.2. The van der Waals surface area contributed by atoms with Gasteiger partial charge in [-0.25, -0.2) is 8.42 Å². The lowest BCUT2D eigenvalue weighted by Gasteiger charge is -2.26. The van der Waals surface area contributed by atoms with Crippen LogP contribution in [-0.4, -0.2) is 52.0 Å². The van der Waals surface area contributed by atoms with Crippen molar-refractivity contribution in [3.63, 3.8) is 0 Å². The van der Waals surface area contributed by atoms with Gasteiger partial charge in [-0.2, -0.15) is 4.31 Å². The first-order chi connectivity index (χ1) is 15.5. The minimum atomic E-state index is -3.74. The van der Waals surface area contributed by atoms with E-state index in [2.05, 4.69) is 5.32 Å². The van der Waals surface area contributed by atoms with Crippen LogP contribution in [0.5, 0.6) is 5.75 Å². The molecule has 1 fully saturated rings. The van der Waals surface area contributed by atoms with Gasteiger partial charge in [0.2, 0.25) is 15.9 Å². The number of nitrogens with one attached hydrogen (secondary N) is 1. The van der Waals surface area contributed by atoms with Crippen LogP contribution in [0, 0.1) is 0 Å². The molecule has 3 aromatic carbocycles. The zero-order chi connectivity index (χ0) is 22.6. The van der Waals surface area contributed by atoms with Crippen molar-refractivity contribution in [3.05, 3.63) is 72.3 Å². The number of methoxy groups -OCH3 is 1. The number of morpholine rings is 1. The molecule has 166 valence electrons. The number of rotatable bonds is 6. The van der Waals surface area contributed by atoms with Crippen molar-refractivity contribution in [1.82, 2.24) is 4.31 Å². The van der Waals surface area contributed by atoms with Gasteiger partial charge >= 0.3 is 0 Å². The smallest absolute Gasteiger partial charge is 0.248 e. The largest absolute Gasteiger partial charge is 0.495 e. The molecule has 0 saturated carbocycles. The molecule has 1 aliphatic rings. The summed E-state index contributed by atoms with van der Waals surface area (Å²) in [5.74, 6) is -0.0522. The van der Waals surface area contributed by atoms with Gasteiger partial charge in [-0.15, -0.1) is 0 Å². The van der Waals surface area contributed by atoms with E-state index in [1.807, 2.05) is 42.5 Å². The van der Waals surface area contributed by atoms with Crippen LogP contribution < -0.4 is 10.1 Å². The van der Waals surface area contributed by atoms with E-state index in [-0.39, 0.29) is 16.6 Å². The van der Waals surface area contributed by atoms with E-state index in [4.69, 9.17) is 9.47 Å². The van der Waals surface area contributed by atoms with E-state index in [1.54, 1.807) is 18.2 Å². The van der Waals surface area contributed by atoms with Gasteiger partial charge in [0.15, 0.2) is 0 Å². The summed E-state index contributed by atoms with van der Waals surface area (Å²) < 4.78 is 38.1. The minimum absolute atomic E-state index is 0.0681. The van der Waals surface area contributed by atoms with E-state index in [0.717, 1.165) is 10.8 Å². The first-order valence-corrected chi connectivity index (χ1v) is 11.7. The van der Waals surface area contributed by atoms with E-state index >= 15 is 0 Å². The molecule has 1 N–H and O–H groups in total. The predicted octanol–water partition coefficient (Wildman–Crippen LogP) is 3.52. The maximum atomic E-state index is 13.1. The number of carbonyl (C=O) groups is 1. The fourth-order valence-electron chi connectivity index (χ4n) is 3.61. The SMILES string of the molecule is COc1ccc(C=CC(=O)Nc2cccc3ccccc23)cc1S(=O)(=O)N1CCOCC1. The second-order valence-corrected chi connectivity index (χ2v) is 9.18. The molecule has 7 nitrogen and oxygen atoms in total. The highest BCUT2D eigenvalue weighted by molar-refractivity contribution is 7.89. The maximum Gasteiger partial charge on any atom is 0.248 e. The summed E-state index contributed by atoms with van der Waals surface area (Å²) in [4.78, 5) is 12.6. The Morgan fingerprint density at radius 3 is 2.59 bits per heavy atom. The molecule has 8 heteroatoms. The molecule has 0 atom stereocenters. The highest BCUT2D eigenvalue weighted by atomic mass is 32.2. The van der Waals surface area contributed by atoms with Gasteiger partial charge in [0.25, 0.3) is 0 Å². The number of hydrogen-bond acceptors (Lipinski definition) is 5. The summed E-state index contributed by atoms with van der Waals surface area (Å²) in [7, 11) is -2.31. The molecule has 32 heavy (non-hydrogen) atoms. The molecular weight excluding hydrogens is 428 g/mol. The Morgan fingerprint density at radius 2 is 1.81 bits per heavy atom. The molecule has 0 aromatic heterocycles. The number of carbonyl (C=O) groups excluding carboxylic acids is 1. The van der Waals surface area contributed by atoms with Crippen molar-refractivity contribution in [2.75, 3.05) is 38.7 Å². The second kappa shape index (κ2) is 9.52. The van der Waals surface area contributed by atoms with E-state index in [9.17, 15) is 13.2 Å². The number of anilines is 1. The van der Waals surface area contributed by atoms with Gasteiger partial charge in [0, 0.05) is 30.2 Å². The highest BCUT2D eigenvalue weighted by Crippen LogP contribution is 2.29. The van der Waals surface area contributed by atoms with Crippen LogP contribution >= 0.6 is 0 Å². The van der Waals surface area contributed by atoms with E-state index in [0.29, 0.717) is 37.6 Å². The van der Waals surface area contributed by atoms with Gasteiger partial charge in [0.05, 0.1) is 20.3 Å². The fraction of sp³-hybridized carbons (Fsp3) is 0.208. The quantitative estimate of drug-likeness (QED) is 0.579. The Labute approximate surface area is 187 Å². The van der Waals surface area contributed by atoms with Crippen LogP contribution in [-0.2, 0) is 19.6 Å². The highest BCUT2D eigenvalue weighted by Gasteiger charge is 2.29. The summed E-state index contributed by atoms with van der Waals surface area (Å²) in [6, 6.07) is 18.3. The normalized spacial score (nSPS) is 15.2. The topological polar surface area (TPSA) is 84.9 Å². The van der Waals surface area contributed by atoms with Crippen LogP contribution in [0.4, 0.5) is 5.69 Å². The third-order valence-corrected chi connectivity index (χ3v) is 7.17. The molecule has 0 spiro atoms. The average Bonchev–Trinajstić information content (AvgIpc) is 2.83. The van der Waals surface area contributed by atoms with Crippen molar-refractivity contribution >= 4 is 38.5 Å². The molecule has 3 aromatic rings. The Balaban J connectivity index is 1.56. The number of nitrogens with zero attached hydrogens (tertiary/aromatic N) is 1. The number of sulfonamides is 1. The molecule has 1 saturated heterocycles. The minimum Gasteiger partial charge on any atom is -0.495 e. The third kappa shape index (κ3) is 4.67. The van der Waals surface area contributed by atoms with Crippen molar-refractivity contribution in [1.29, 1.82) is 0 Å². The number of benzene rings is 3. The standard InChI is InChI=1S/C24H24N2O5S/c1-30-22-11-9-18(17-23(22)32(28,29)26-13-15-31-16-14-26)10-12-24(27)25-21-8-4-6-19-5-2-3-7-20(19)21/h2-12,17H,13-16H2,1H3,(H,25,27). The molecule has 0 aliphatic carbocycles.